The first kappa shape index (κ1) is 18.6. The van der Waals surface area contributed by atoms with Crippen molar-refractivity contribution in [3.63, 3.8) is 0 Å². The molecular formula is C20H29N5O. The van der Waals surface area contributed by atoms with Gasteiger partial charge in [-0.2, -0.15) is 5.10 Å². The topological polar surface area (TPSA) is 54.3 Å². The van der Waals surface area contributed by atoms with Crippen LogP contribution in [0.25, 0.3) is 0 Å². The third-order valence-corrected chi connectivity index (χ3v) is 5.14. The maximum absolute atomic E-state index is 12.6. The van der Waals surface area contributed by atoms with Crippen molar-refractivity contribution >= 4 is 5.91 Å². The Morgan fingerprint density at radius 1 is 1.19 bits per heavy atom. The number of piperidine rings is 1. The molecule has 2 heterocycles. The summed E-state index contributed by atoms with van der Waals surface area (Å²) in [5.41, 5.74) is 0.785. The molecule has 3 rings (SSSR count). The summed E-state index contributed by atoms with van der Waals surface area (Å²) >= 11 is 0. The Morgan fingerprint density at radius 3 is 2.58 bits per heavy atom. The van der Waals surface area contributed by atoms with Gasteiger partial charge in [-0.05, 0) is 44.9 Å². The third kappa shape index (κ3) is 4.30. The van der Waals surface area contributed by atoms with E-state index in [9.17, 15) is 4.79 Å². The second-order valence-electron chi connectivity index (χ2n) is 6.85. The zero-order valence-electron chi connectivity index (χ0n) is 15.8. The van der Waals surface area contributed by atoms with E-state index in [1.54, 1.807) is 6.33 Å². The number of benzene rings is 1. The highest BCUT2D eigenvalue weighted by Crippen LogP contribution is 2.20. The Hall–Kier alpha value is -2.21. The van der Waals surface area contributed by atoms with E-state index in [-0.39, 0.29) is 5.91 Å². The van der Waals surface area contributed by atoms with E-state index in [1.165, 1.54) is 0 Å². The lowest BCUT2D eigenvalue weighted by Gasteiger charge is -2.38. The molecule has 0 radical (unpaired) electrons. The van der Waals surface area contributed by atoms with Crippen molar-refractivity contribution < 1.29 is 4.79 Å². The Morgan fingerprint density at radius 2 is 1.92 bits per heavy atom. The van der Waals surface area contributed by atoms with Crippen LogP contribution in [0.1, 0.15) is 49.3 Å². The minimum atomic E-state index is 0.150. The first-order valence-electron chi connectivity index (χ1n) is 9.68. The van der Waals surface area contributed by atoms with Crippen molar-refractivity contribution in [2.24, 2.45) is 0 Å². The fraction of sp³-hybridized carbons (Fsp3) is 0.550. The maximum atomic E-state index is 12.6. The summed E-state index contributed by atoms with van der Waals surface area (Å²) < 4.78 is 1.97. The molecule has 1 amide bonds. The first-order valence-corrected chi connectivity index (χ1v) is 9.68. The van der Waals surface area contributed by atoms with E-state index in [1.807, 2.05) is 39.9 Å². The molecule has 0 N–H and O–H groups in total. The lowest BCUT2D eigenvalue weighted by atomic mass is 10.0. The number of rotatable bonds is 7. The van der Waals surface area contributed by atoms with Gasteiger partial charge in [-0.15, -0.1) is 0 Å². The Labute approximate surface area is 155 Å². The molecule has 1 fully saturated rings. The summed E-state index contributed by atoms with van der Waals surface area (Å²) in [6.07, 6.45) is 4.78. The second-order valence-corrected chi connectivity index (χ2v) is 6.85. The Balaban J connectivity index is 1.60. The fourth-order valence-electron chi connectivity index (χ4n) is 3.73. The first-order chi connectivity index (χ1) is 12.7. The van der Waals surface area contributed by atoms with Crippen molar-refractivity contribution in [1.29, 1.82) is 0 Å². The summed E-state index contributed by atoms with van der Waals surface area (Å²) in [4.78, 5) is 21.6. The molecule has 1 aliphatic rings. The van der Waals surface area contributed by atoms with Crippen molar-refractivity contribution in [2.45, 2.75) is 52.2 Å². The molecule has 6 heteroatoms. The molecule has 140 valence electrons. The average Bonchev–Trinajstić information content (AvgIpc) is 3.15. The van der Waals surface area contributed by atoms with Crippen LogP contribution in [-0.4, -0.2) is 56.1 Å². The summed E-state index contributed by atoms with van der Waals surface area (Å²) in [6, 6.07) is 10.1. The molecule has 1 aromatic heterocycles. The highest BCUT2D eigenvalue weighted by atomic mass is 16.2. The molecule has 2 aromatic rings. The van der Waals surface area contributed by atoms with Crippen molar-refractivity contribution in [1.82, 2.24) is 24.6 Å². The number of hydrogen-bond donors (Lipinski definition) is 0. The molecule has 0 unspecified atom stereocenters. The number of likely N-dealkylation sites (tertiary alicyclic amines) is 1. The van der Waals surface area contributed by atoms with Gasteiger partial charge in [0.1, 0.15) is 12.2 Å². The lowest BCUT2D eigenvalue weighted by Crippen LogP contribution is -2.47. The summed E-state index contributed by atoms with van der Waals surface area (Å²) in [5.74, 6) is 1.18. The highest BCUT2D eigenvalue weighted by molar-refractivity contribution is 5.94. The molecule has 6 nitrogen and oxygen atoms in total. The molecule has 0 aliphatic carbocycles. The van der Waals surface area contributed by atoms with E-state index in [0.717, 1.165) is 63.4 Å². The Kier molecular flexibility index (Phi) is 6.39. The van der Waals surface area contributed by atoms with Gasteiger partial charge in [0.2, 0.25) is 0 Å². The standard InChI is InChI=1S/C20H29N5O/c1-3-12-24(15-19-21-16-22-25(19)4-2)18-10-13-23(14-11-18)20(26)17-8-6-5-7-9-17/h5-9,16,18H,3-4,10-15H2,1-2H3. The second kappa shape index (κ2) is 8.94. The van der Waals surface area contributed by atoms with E-state index in [2.05, 4.69) is 28.8 Å². The lowest BCUT2D eigenvalue weighted by molar-refractivity contribution is 0.0601. The number of aryl methyl sites for hydroxylation is 1. The zero-order chi connectivity index (χ0) is 18.4. The van der Waals surface area contributed by atoms with Gasteiger partial charge in [0.15, 0.2) is 0 Å². The third-order valence-electron chi connectivity index (χ3n) is 5.14. The minimum Gasteiger partial charge on any atom is -0.339 e. The van der Waals surface area contributed by atoms with E-state index in [4.69, 9.17) is 0 Å². The van der Waals surface area contributed by atoms with Crippen LogP contribution in [-0.2, 0) is 13.1 Å². The summed E-state index contributed by atoms with van der Waals surface area (Å²) in [5, 5.41) is 4.29. The van der Waals surface area contributed by atoms with Gasteiger partial charge >= 0.3 is 0 Å². The fourth-order valence-corrected chi connectivity index (χ4v) is 3.73. The molecule has 0 bridgehead atoms. The zero-order valence-corrected chi connectivity index (χ0v) is 15.8. The van der Waals surface area contributed by atoms with Gasteiger partial charge < -0.3 is 4.90 Å². The highest BCUT2D eigenvalue weighted by Gasteiger charge is 2.27. The number of aromatic nitrogens is 3. The normalized spacial score (nSPS) is 15.6. The van der Waals surface area contributed by atoms with Gasteiger partial charge in [-0.1, -0.05) is 25.1 Å². The van der Waals surface area contributed by atoms with E-state index in [0.29, 0.717) is 6.04 Å². The molecule has 0 spiro atoms. The number of carbonyl (C=O) groups excluding carboxylic acids is 1. The van der Waals surface area contributed by atoms with Crippen LogP contribution in [0.15, 0.2) is 36.7 Å². The van der Waals surface area contributed by atoms with Gasteiger partial charge in [0.05, 0.1) is 6.54 Å². The van der Waals surface area contributed by atoms with Crippen LogP contribution >= 0.6 is 0 Å². The predicted molar refractivity (Wildman–Crippen MR) is 102 cm³/mol. The average molecular weight is 355 g/mol. The van der Waals surface area contributed by atoms with Crippen LogP contribution < -0.4 is 0 Å². The maximum Gasteiger partial charge on any atom is 0.253 e. The van der Waals surface area contributed by atoms with Gasteiger partial charge in [0.25, 0.3) is 5.91 Å². The molecule has 1 aromatic carbocycles. The molecule has 0 atom stereocenters. The van der Waals surface area contributed by atoms with E-state index >= 15 is 0 Å². The minimum absolute atomic E-state index is 0.150. The largest absolute Gasteiger partial charge is 0.339 e. The monoisotopic (exact) mass is 355 g/mol. The van der Waals surface area contributed by atoms with Crippen LogP contribution in [0.3, 0.4) is 0 Å². The smallest absolute Gasteiger partial charge is 0.253 e. The van der Waals surface area contributed by atoms with Crippen LogP contribution in [0, 0.1) is 0 Å². The van der Waals surface area contributed by atoms with Crippen LogP contribution in [0.5, 0.6) is 0 Å². The van der Waals surface area contributed by atoms with Crippen molar-refractivity contribution in [3.05, 3.63) is 48.0 Å². The molecular weight excluding hydrogens is 326 g/mol. The Bertz CT molecular complexity index is 691. The van der Waals surface area contributed by atoms with Crippen LogP contribution in [0.2, 0.25) is 0 Å². The van der Waals surface area contributed by atoms with Gasteiger partial charge in [-0.3, -0.25) is 9.69 Å². The number of amides is 1. The van der Waals surface area contributed by atoms with E-state index < -0.39 is 0 Å². The molecule has 26 heavy (non-hydrogen) atoms. The van der Waals surface area contributed by atoms with Crippen LogP contribution in [0.4, 0.5) is 0 Å². The quantitative estimate of drug-likeness (QED) is 0.766. The van der Waals surface area contributed by atoms with Gasteiger partial charge in [-0.25, -0.2) is 9.67 Å². The number of nitrogens with zero attached hydrogens (tertiary/aromatic N) is 5. The summed E-state index contributed by atoms with van der Waals surface area (Å²) in [7, 11) is 0. The summed E-state index contributed by atoms with van der Waals surface area (Å²) in [6.45, 7) is 8.67. The molecule has 0 saturated carbocycles. The predicted octanol–water partition coefficient (Wildman–Crippen LogP) is 2.81. The van der Waals surface area contributed by atoms with Gasteiger partial charge in [0, 0.05) is 31.2 Å². The van der Waals surface area contributed by atoms with Crippen molar-refractivity contribution in [2.75, 3.05) is 19.6 Å². The number of carbonyl (C=O) groups is 1. The SMILES string of the molecule is CCCN(Cc1ncnn1CC)C1CCN(C(=O)c2ccccc2)CC1. The van der Waals surface area contributed by atoms with Crippen molar-refractivity contribution in [3.8, 4) is 0 Å². The molecule has 1 saturated heterocycles. The molecule has 1 aliphatic heterocycles. The number of hydrogen-bond acceptors (Lipinski definition) is 4.